The molecule has 146 valence electrons. The SMILES string of the molecule is COc1cc(/C=C\c2ccc(OC)cc2N)cc(OC)c1.O=CO.O=CO. The van der Waals surface area contributed by atoms with Crippen LogP contribution in [0, 0.1) is 0 Å². The summed E-state index contributed by atoms with van der Waals surface area (Å²) in [6, 6.07) is 11.3. The van der Waals surface area contributed by atoms with Crippen LogP contribution in [0.15, 0.2) is 36.4 Å². The lowest BCUT2D eigenvalue weighted by Crippen LogP contribution is -1.91. The molecule has 8 heteroatoms. The van der Waals surface area contributed by atoms with Crippen molar-refractivity contribution in [2.24, 2.45) is 0 Å². The molecule has 2 aromatic carbocycles. The molecule has 0 saturated carbocycles. The molecule has 0 amide bonds. The molecule has 0 atom stereocenters. The highest BCUT2D eigenvalue weighted by Crippen LogP contribution is 2.25. The van der Waals surface area contributed by atoms with E-state index < -0.39 is 0 Å². The standard InChI is InChI=1S/C17H19NO3.2CH2O2/c1-19-14-7-6-13(17(18)11-14)5-4-12-8-15(20-2)10-16(9-12)21-3;2*2-1-3/h4-11H,18H2,1-3H3;2*1H,(H,2,3)/b5-4-;;. The molecule has 0 aliphatic carbocycles. The number of anilines is 1. The number of hydrogen-bond donors (Lipinski definition) is 3. The summed E-state index contributed by atoms with van der Waals surface area (Å²) in [5.74, 6) is 2.24. The van der Waals surface area contributed by atoms with Crippen LogP contribution in [0.3, 0.4) is 0 Å². The monoisotopic (exact) mass is 377 g/mol. The summed E-state index contributed by atoms with van der Waals surface area (Å²) in [5.41, 5.74) is 8.56. The molecule has 0 aliphatic rings. The number of nitrogen functional groups attached to an aromatic ring is 1. The van der Waals surface area contributed by atoms with Gasteiger partial charge in [0.25, 0.3) is 12.9 Å². The summed E-state index contributed by atoms with van der Waals surface area (Å²) in [4.78, 5) is 16.7. The Hall–Kier alpha value is -3.68. The maximum atomic E-state index is 8.36. The molecule has 0 aliphatic heterocycles. The third-order valence-corrected chi connectivity index (χ3v) is 3.12. The van der Waals surface area contributed by atoms with Crippen LogP contribution in [0.1, 0.15) is 11.1 Å². The zero-order valence-corrected chi connectivity index (χ0v) is 15.3. The van der Waals surface area contributed by atoms with Crippen molar-refractivity contribution in [3.63, 3.8) is 0 Å². The van der Waals surface area contributed by atoms with E-state index in [9.17, 15) is 0 Å². The van der Waals surface area contributed by atoms with Gasteiger partial charge in [0.15, 0.2) is 0 Å². The van der Waals surface area contributed by atoms with E-state index in [1.807, 2.05) is 42.5 Å². The number of benzene rings is 2. The van der Waals surface area contributed by atoms with E-state index in [2.05, 4.69) is 0 Å². The topological polar surface area (TPSA) is 128 Å². The highest BCUT2D eigenvalue weighted by atomic mass is 16.5. The molecule has 0 bridgehead atoms. The summed E-state index contributed by atoms with van der Waals surface area (Å²) in [6.07, 6.45) is 3.91. The Kier molecular flexibility index (Phi) is 11.7. The third kappa shape index (κ3) is 8.82. The van der Waals surface area contributed by atoms with Gasteiger partial charge < -0.3 is 30.2 Å². The van der Waals surface area contributed by atoms with Gasteiger partial charge in [-0.25, -0.2) is 0 Å². The molecule has 2 rings (SSSR count). The average molecular weight is 377 g/mol. The zero-order chi connectivity index (χ0) is 20.7. The van der Waals surface area contributed by atoms with Crippen LogP contribution in [0.2, 0.25) is 0 Å². The molecule has 0 heterocycles. The van der Waals surface area contributed by atoms with Crippen LogP contribution in [-0.4, -0.2) is 44.5 Å². The average Bonchev–Trinajstić information content (AvgIpc) is 2.67. The maximum Gasteiger partial charge on any atom is 0.290 e. The molecule has 2 aromatic rings. The largest absolute Gasteiger partial charge is 0.497 e. The van der Waals surface area contributed by atoms with E-state index in [1.165, 1.54) is 0 Å². The first-order valence-electron chi connectivity index (χ1n) is 7.49. The van der Waals surface area contributed by atoms with Crippen molar-refractivity contribution in [2.75, 3.05) is 27.1 Å². The van der Waals surface area contributed by atoms with Gasteiger partial charge in [0.05, 0.1) is 21.3 Å². The first-order chi connectivity index (χ1) is 13.0. The lowest BCUT2D eigenvalue weighted by Gasteiger charge is -2.06. The van der Waals surface area contributed by atoms with Gasteiger partial charge in [0, 0.05) is 17.8 Å². The molecule has 0 saturated heterocycles. The van der Waals surface area contributed by atoms with Crippen molar-refractivity contribution in [1.82, 2.24) is 0 Å². The Morgan fingerprint density at radius 1 is 0.778 bits per heavy atom. The molecule has 0 aromatic heterocycles. The second-order valence-corrected chi connectivity index (χ2v) is 4.68. The molecule has 0 unspecified atom stereocenters. The highest BCUT2D eigenvalue weighted by molar-refractivity contribution is 5.77. The summed E-state index contributed by atoms with van der Waals surface area (Å²) >= 11 is 0. The fraction of sp³-hybridized carbons (Fsp3) is 0.158. The fourth-order valence-electron chi connectivity index (χ4n) is 1.94. The lowest BCUT2D eigenvalue weighted by atomic mass is 10.1. The van der Waals surface area contributed by atoms with Gasteiger partial charge in [-0.05, 0) is 35.4 Å². The Morgan fingerprint density at radius 2 is 1.26 bits per heavy atom. The number of carboxylic acid groups (broad SMARTS) is 2. The van der Waals surface area contributed by atoms with E-state index in [-0.39, 0.29) is 12.9 Å². The van der Waals surface area contributed by atoms with Crippen molar-refractivity contribution >= 4 is 30.8 Å². The first-order valence-corrected chi connectivity index (χ1v) is 7.49. The van der Waals surface area contributed by atoms with Crippen molar-refractivity contribution in [1.29, 1.82) is 0 Å². The Balaban J connectivity index is 0.000000997. The molecule has 4 N–H and O–H groups in total. The second kappa shape index (κ2) is 13.6. The van der Waals surface area contributed by atoms with E-state index >= 15 is 0 Å². The second-order valence-electron chi connectivity index (χ2n) is 4.68. The molecular formula is C19H23NO7. The molecule has 0 radical (unpaired) electrons. The number of rotatable bonds is 5. The predicted molar refractivity (Wildman–Crippen MR) is 103 cm³/mol. The maximum absolute atomic E-state index is 8.36. The quantitative estimate of drug-likeness (QED) is 0.412. The zero-order valence-electron chi connectivity index (χ0n) is 15.3. The van der Waals surface area contributed by atoms with Gasteiger partial charge in [-0.15, -0.1) is 0 Å². The minimum atomic E-state index is -0.250. The van der Waals surface area contributed by atoms with E-state index in [4.69, 9.17) is 39.7 Å². The number of nitrogens with two attached hydrogens (primary N) is 1. The van der Waals surface area contributed by atoms with Crippen LogP contribution in [0.4, 0.5) is 5.69 Å². The molecule has 8 nitrogen and oxygen atoms in total. The van der Waals surface area contributed by atoms with Gasteiger partial charge in [-0.2, -0.15) is 0 Å². The van der Waals surface area contributed by atoms with Crippen LogP contribution in [0.25, 0.3) is 12.2 Å². The van der Waals surface area contributed by atoms with Gasteiger partial charge in [0.2, 0.25) is 0 Å². The normalized spacial score (nSPS) is 9.15. The van der Waals surface area contributed by atoms with Crippen LogP contribution in [-0.2, 0) is 9.59 Å². The third-order valence-electron chi connectivity index (χ3n) is 3.12. The molecule has 0 spiro atoms. The molecule has 27 heavy (non-hydrogen) atoms. The van der Waals surface area contributed by atoms with Crippen molar-refractivity contribution < 1.29 is 34.0 Å². The highest BCUT2D eigenvalue weighted by Gasteiger charge is 2.01. The Bertz CT molecular complexity index is 717. The Labute approximate surface area is 157 Å². The van der Waals surface area contributed by atoms with Crippen molar-refractivity contribution in [3.05, 3.63) is 47.5 Å². The van der Waals surface area contributed by atoms with Crippen molar-refractivity contribution in [2.45, 2.75) is 0 Å². The molecular weight excluding hydrogens is 354 g/mol. The summed E-state index contributed by atoms with van der Waals surface area (Å²) in [5, 5.41) is 13.8. The Morgan fingerprint density at radius 3 is 1.67 bits per heavy atom. The van der Waals surface area contributed by atoms with Crippen LogP contribution < -0.4 is 19.9 Å². The smallest absolute Gasteiger partial charge is 0.290 e. The lowest BCUT2D eigenvalue weighted by molar-refractivity contribution is -0.123. The van der Waals surface area contributed by atoms with E-state index in [0.29, 0.717) is 5.69 Å². The fourth-order valence-corrected chi connectivity index (χ4v) is 1.94. The van der Waals surface area contributed by atoms with Crippen LogP contribution in [0.5, 0.6) is 17.2 Å². The van der Waals surface area contributed by atoms with Crippen molar-refractivity contribution in [3.8, 4) is 17.2 Å². The molecule has 0 fully saturated rings. The number of hydrogen-bond acceptors (Lipinski definition) is 6. The number of carbonyl (C=O) groups is 2. The number of ether oxygens (including phenoxy) is 3. The predicted octanol–water partition coefficient (Wildman–Crippen LogP) is 2.87. The van der Waals surface area contributed by atoms with Gasteiger partial charge >= 0.3 is 0 Å². The minimum Gasteiger partial charge on any atom is -0.497 e. The summed E-state index contributed by atoms with van der Waals surface area (Å²) in [6.45, 7) is -0.500. The van der Waals surface area contributed by atoms with E-state index in [0.717, 1.165) is 28.4 Å². The minimum absolute atomic E-state index is 0.250. The van der Waals surface area contributed by atoms with Crippen LogP contribution >= 0.6 is 0 Å². The summed E-state index contributed by atoms with van der Waals surface area (Å²) < 4.78 is 15.6. The summed E-state index contributed by atoms with van der Waals surface area (Å²) in [7, 11) is 4.88. The van der Waals surface area contributed by atoms with Gasteiger partial charge in [-0.3, -0.25) is 9.59 Å². The number of methoxy groups -OCH3 is 3. The van der Waals surface area contributed by atoms with Gasteiger partial charge in [0.1, 0.15) is 17.2 Å². The first kappa shape index (κ1) is 23.3. The van der Waals surface area contributed by atoms with Gasteiger partial charge in [-0.1, -0.05) is 12.2 Å². The van der Waals surface area contributed by atoms with E-state index in [1.54, 1.807) is 27.4 Å².